The summed E-state index contributed by atoms with van der Waals surface area (Å²) in [6, 6.07) is 0.550. The van der Waals surface area contributed by atoms with Gasteiger partial charge in [0.2, 0.25) is 5.88 Å². The molecule has 0 aromatic carbocycles. The van der Waals surface area contributed by atoms with Crippen molar-refractivity contribution in [3.8, 4) is 17.4 Å². The van der Waals surface area contributed by atoms with Crippen molar-refractivity contribution in [3.05, 3.63) is 11.8 Å². The molecule has 0 aliphatic rings. The van der Waals surface area contributed by atoms with Gasteiger partial charge in [0.05, 0.1) is 7.11 Å². The predicted octanol–water partition coefficient (Wildman–Crippen LogP) is 2.63. The molecule has 0 radical (unpaired) electrons. The summed E-state index contributed by atoms with van der Waals surface area (Å²) in [5, 5.41) is 9.12. The van der Waals surface area contributed by atoms with Gasteiger partial charge in [-0.3, -0.25) is 0 Å². The summed E-state index contributed by atoms with van der Waals surface area (Å²) >= 11 is 0. The highest BCUT2D eigenvalue weighted by Crippen LogP contribution is 2.39. The van der Waals surface area contributed by atoms with Crippen molar-refractivity contribution in [2.24, 2.45) is 0 Å². The number of hydrogen-bond donors (Lipinski definition) is 1. The molecular weight excluding hydrogens is 253 g/mol. The number of aromatic nitrogens is 1. The molecule has 0 spiro atoms. The molecule has 1 aromatic rings. The molecule has 0 unspecified atom stereocenters. The van der Waals surface area contributed by atoms with Gasteiger partial charge in [-0.2, -0.15) is 0 Å². The Morgan fingerprint density at radius 1 is 1.35 bits per heavy atom. The predicted molar refractivity (Wildman–Crippen MR) is 44.1 cm³/mol. The summed E-state index contributed by atoms with van der Waals surface area (Å²) < 4.78 is 68.2. The maximum atomic E-state index is 12.3. The van der Waals surface area contributed by atoms with Crippen LogP contribution in [0.25, 0.3) is 0 Å². The standard InChI is InChI=1S/C8H6F5NO3/c1-16-4-2-3(17-8(11,12)13)6(15)5(14-4)7(9)10/h2,7,15H,1H3. The summed E-state index contributed by atoms with van der Waals surface area (Å²) in [5.41, 5.74) is -1.25. The smallest absolute Gasteiger partial charge is 0.503 e. The Balaban J connectivity index is 3.24. The molecule has 0 amide bonds. The summed E-state index contributed by atoms with van der Waals surface area (Å²) in [4.78, 5) is 3.11. The van der Waals surface area contributed by atoms with E-state index >= 15 is 0 Å². The van der Waals surface area contributed by atoms with Crippen LogP contribution in [0.2, 0.25) is 0 Å². The Bertz CT molecular complexity index is 407. The SMILES string of the molecule is COc1cc(OC(F)(F)F)c(O)c(C(F)F)n1. The average Bonchev–Trinajstić information content (AvgIpc) is 2.18. The third kappa shape index (κ3) is 3.33. The van der Waals surface area contributed by atoms with E-state index in [1.165, 1.54) is 0 Å². The van der Waals surface area contributed by atoms with Crippen LogP contribution in [0.15, 0.2) is 6.07 Å². The Morgan fingerprint density at radius 2 is 1.94 bits per heavy atom. The van der Waals surface area contributed by atoms with Crippen molar-refractivity contribution in [1.29, 1.82) is 0 Å². The van der Waals surface area contributed by atoms with Crippen LogP contribution in [0.1, 0.15) is 12.1 Å². The van der Waals surface area contributed by atoms with Gasteiger partial charge in [0.15, 0.2) is 17.2 Å². The summed E-state index contributed by atoms with van der Waals surface area (Å²) in [6.45, 7) is 0. The lowest BCUT2D eigenvalue weighted by Gasteiger charge is -2.13. The van der Waals surface area contributed by atoms with E-state index in [0.717, 1.165) is 7.11 Å². The number of aromatic hydroxyl groups is 1. The number of nitrogens with zero attached hydrogens (tertiary/aromatic N) is 1. The number of methoxy groups -OCH3 is 1. The molecule has 0 aliphatic heterocycles. The molecule has 1 N–H and O–H groups in total. The molecular formula is C8H6F5NO3. The first-order valence-electron chi connectivity index (χ1n) is 4.06. The highest BCUT2D eigenvalue weighted by molar-refractivity contribution is 5.45. The van der Waals surface area contributed by atoms with Gasteiger partial charge in [-0.05, 0) is 0 Å². The maximum Gasteiger partial charge on any atom is 0.573 e. The van der Waals surface area contributed by atoms with Crippen molar-refractivity contribution in [1.82, 2.24) is 4.98 Å². The van der Waals surface area contributed by atoms with E-state index in [1.54, 1.807) is 0 Å². The molecule has 9 heteroatoms. The van der Waals surface area contributed by atoms with Gasteiger partial charge in [-0.15, -0.1) is 13.2 Å². The Labute approximate surface area is 91.6 Å². The van der Waals surface area contributed by atoms with Gasteiger partial charge < -0.3 is 14.6 Å². The topological polar surface area (TPSA) is 51.6 Å². The van der Waals surface area contributed by atoms with Gasteiger partial charge in [0.25, 0.3) is 6.43 Å². The number of rotatable bonds is 3. The zero-order valence-electron chi connectivity index (χ0n) is 8.26. The van der Waals surface area contributed by atoms with Crippen LogP contribution in [-0.2, 0) is 0 Å². The van der Waals surface area contributed by atoms with Gasteiger partial charge >= 0.3 is 6.36 Å². The molecule has 1 heterocycles. The largest absolute Gasteiger partial charge is 0.573 e. The zero-order chi connectivity index (χ0) is 13.2. The molecule has 4 nitrogen and oxygen atoms in total. The Kier molecular flexibility index (Phi) is 3.59. The quantitative estimate of drug-likeness (QED) is 0.848. The minimum atomic E-state index is -5.12. The number of ether oxygens (including phenoxy) is 2. The van der Waals surface area contributed by atoms with Crippen molar-refractivity contribution in [3.63, 3.8) is 0 Å². The molecule has 1 aromatic heterocycles. The number of halogens is 5. The van der Waals surface area contributed by atoms with E-state index in [4.69, 9.17) is 5.11 Å². The lowest BCUT2D eigenvalue weighted by molar-refractivity contribution is -0.275. The summed E-state index contributed by atoms with van der Waals surface area (Å²) in [6.07, 6.45) is -8.39. The van der Waals surface area contributed by atoms with Gasteiger partial charge in [0, 0.05) is 6.07 Å². The molecule has 0 bridgehead atoms. The fourth-order valence-corrected chi connectivity index (χ4v) is 0.970. The third-order valence-electron chi connectivity index (χ3n) is 1.60. The van der Waals surface area contributed by atoms with Crippen LogP contribution < -0.4 is 9.47 Å². The monoisotopic (exact) mass is 259 g/mol. The summed E-state index contributed by atoms with van der Waals surface area (Å²) in [7, 11) is 1.02. The lowest BCUT2D eigenvalue weighted by Crippen LogP contribution is -2.17. The minimum absolute atomic E-state index is 0.530. The van der Waals surface area contributed by atoms with Crippen LogP contribution in [0, 0.1) is 0 Å². The fourth-order valence-electron chi connectivity index (χ4n) is 0.970. The lowest BCUT2D eigenvalue weighted by atomic mass is 10.3. The van der Waals surface area contributed by atoms with Crippen molar-refractivity contribution in [2.45, 2.75) is 12.8 Å². The Hall–Kier alpha value is -1.80. The van der Waals surface area contributed by atoms with Crippen LogP contribution in [-0.4, -0.2) is 23.6 Å². The number of hydrogen-bond acceptors (Lipinski definition) is 4. The molecule has 17 heavy (non-hydrogen) atoms. The van der Waals surface area contributed by atoms with E-state index in [9.17, 15) is 22.0 Å². The molecule has 0 saturated heterocycles. The normalized spacial score (nSPS) is 11.7. The minimum Gasteiger partial charge on any atom is -0.503 e. The second-order valence-electron chi connectivity index (χ2n) is 2.75. The van der Waals surface area contributed by atoms with E-state index in [0.29, 0.717) is 6.07 Å². The highest BCUT2D eigenvalue weighted by atomic mass is 19.4. The van der Waals surface area contributed by atoms with E-state index in [-0.39, 0.29) is 0 Å². The van der Waals surface area contributed by atoms with Gasteiger partial charge in [-0.25, -0.2) is 13.8 Å². The molecule has 1 rings (SSSR count). The third-order valence-corrected chi connectivity index (χ3v) is 1.60. The average molecular weight is 259 g/mol. The van der Waals surface area contributed by atoms with E-state index in [1.807, 2.05) is 0 Å². The molecule has 0 aliphatic carbocycles. The van der Waals surface area contributed by atoms with Crippen molar-refractivity contribution < 1.29 is 36.5 Å². The molecule has 0 fully saturated rings. The van der Waals surface area contributed by atoms with Crippen LogP contribution in [0.5, 0.6) is 17.4 Å². The summed E-state index contributed by atoms with van der Waals surface area (Å²) in [5.74, 6) is -3.10. The van der Waals surface area contributed by atoms with E-state index < -0.39 is 35.9 Å². The van der Waals surface area contributed by atoms with E-state index in [2.05, 4.69) is 14.5 Å². The second kappa shape index (κ2) is 4.60. The maximum absolute atomic E-state index is 12.3. The Morgan fingerprint density at radius 3 is 2.35 bits per heavy atom. The van der Waals surface area contributed by atoms with Crippen LogP contribution >= 0.6 is 0 Å². The number of pyridine rings is 1. The van der Waals surface area contributed by atoms with Crippen molar-refractivity contribution >= 4 is 0 Å². The highest BCUT2D eigenvalue weighted by Gasteiger charge is 2.34. The fraction of sp³-hybridized carbons (Fsp3) is 0.375. The zero-order valence-corrected chi connectivity index (χ0v) is 8.26. The van der Waals surface area contributed by atoms with Crippen LogP contribution in [0.4, 0.5) is 22.0 Å². The van der Waals surface area contributed by atoms with Crippen molar-refractivity contribution in [2.75, 3.05) is 7.11 Å². The molecule has 96 valence electrons. The van der Waals surface area contributed by atoms with Gasteiger partial charge in [0.1, 0.15) is 0 Å². The van der Waals surface area contributed by atoms with Crippen LogP contribution in [0.3, 0.4) is 0 Å². The second-order valence-corrected chi connectivity index (χ2v) is 2.75. The first-order valence-corrected chi connectivity index (χ1v) is 4.06. The number of alkyl halides is 5. The van der Waals surface area contributed by atoms with Gasteiger partial charge in [-0.1, -0.05) is 0 Å². The first-order chi connectivity index (χ1) is 7.74. The first kappa shape index (κ1) is 13.3. The molecule has 0 saturated carbocycles. The molecule has 0 atom stereocenters.